The zero-order chi connectivity index (χ0) is 13.2. The smallest absolute Gasteiger partial charge is 0.277 e. The highest BCUT2D eigenvalue weighted by molar-refractivity contribution is 5.94. The van der Waals surface area contributed by atoms with Crippen molar-refractivity contribution in [3.8, 4) is 0 Å². The van der Waals surface area contributed by atoms with E-state index in [0.717, 1.165) is 25.2 Å². The first-order valence-corrected chi connectivity index (χ1v) is 4.23. The van der Waals surface area contributed by atoms with Crippen LogP contribution in [0.3, 0.4) is 0 Å². The summed E-state index contributed by atoms with van der Waals surface area (Å²) in [4.78, 5) is 30.6. The minimum atomic E-state index is -0.975. The molecule has 0 atom stereocenters. The highest BCUT2D eigenvalue weighted by atomic mass is 16.6. The number of nitrogens with zero attached hydrogens (tertiary/aromatic N) is 3. The highest BCUT2D eigenvalue weighted by Gasteiger charge is 2.21. The summed E-state index contributed by atoms with van der Waals surface area (Å²) in [6.45, 7) is 0. The lowest BCUT2D eigenvalue weighted by atomic mass is 10.1. The van der Waals surface area contributed by atoms with Gasteiger partial charge in [-0.25, -0.2) is 5.06 Å². The van der Waals surface area contributed by atoms with E-state index >= 15 is 0 Å². The Morgan fingerprint density at radius 3 is 1.88 bits per heavy atom. The van der Waals surface area contributed by atoms with Gasteiger partial charge in [-0.3, -0.25) is 30.2 Å². The molecule has 0 saturated heterocycles. The lowest BCUT2D eigenvalue weighted by Crippen LogP contribution is -2.22. The fourth-order valence-corrected chi connectivity index (χ4v) is 1.12. The highest BCUT2D eigenvalue weighted by Crippen LogP contribution is 2.23. The summed E-state index contributed by atoms with van der Waals surface area (Å²) >= 11 is 0. The van der Waals surface area contributed by atoms with Gasteiger partial charge in [0.05, 0.1) is 21.5 Å². The zero-order valence-corrected chi connectivity index (χ0v) is 8.56. The number of hydroxylamine groups is 2. The maximum Gasteiger partial charge on any atom is 0.277 e. The number of rotatable bonds is 3. The van der Waals surface area contributed by atoms with Crippen LogP contribution >= 0.6 is 0 Å². The molecular weight excluding hydrogens is 234 g/mol. The van der Waals surface area contributed by atoms with E-state index in [1.165, 1.54) is 0 Å². The van der Waals surface area contributed by atoms with Crippen LogP contribution in [-0.4, -0.2) is 33.1 Å². The molecule has 1 aromatic rings. The number of hydrogen-bond acceptors (Lipinski definition) is 6. The molecule has 1 rings (SSSR count). The number of non-ortho nitro benzene ring substituents is 2. The van der Waals surface area contributed by atoms with Crippen molar-refractivity contribution in [3.63, 3.8) is 0 Å². The van der Waals surface area contributed by atoms with Crippen LogP contribution in [0.2, 0.25) is 0 Å². The molecule has 0 fully saturated rings. The largest absolute Gasteiger partial charge is 0.286 e. The van der Waals surface area contributed by atoms with Gasteiger partial charge < -0.3 is 0 Å². The summed E-state index contributed by atoms with van der Waals surface area (Å²) in [5.74, 6) is -0.975. The van der Waals surface area contributed by atoms with Gasteiger partial charge in [-0.15, -0.1) is 0 Å². The standard InChI is InChI=1S/C8H7N3O6/c1-9(13)8(12)5-2-6(10(14)15)4-7(3-5)11(16)17/h2-4,13H,1H3. The van der Waals surface area contributed by atoms with Crippen molar-refractivity contribution in [2.24, 2.45) is 0 Å². The van der Waals surface area contributed by atoms with E-state index in [1.54, 1.807) is 0 Å². The van der Waals surface area contributed by atoms with Crippen LogP contribution in [0.5, 0.6) is 0 Å². The van der Waals surface area contributed by atoms with E-state index in [0.29, 0.717) is 0 Å². The maximum absolute atomic E-state index is 11.3. The van der Waals surface area contributed by atoms with Crippen LogP contribution in [0.4, 0.5) is 11.4 Å². The summed E-state index contributed by atoms with van der Waals surface area (Å²) < 4.78 is 0. The number of benzene rings is 1. The number of hydrogen-bond donors (Lipinski definition) is 1. The van der Waals surface area contributed by atoms with Crippen LogP contribution in [0.15, 0.2) is 18.2 Å². The fourth-order valence-electron chi connectivity index (χ4n) is 1.12. The molecule has 1 aromatic carbocycles. The summed E-state index contributed by atoms with van der Waals surface area (Å²) in [6, 6.07) is 2.43. The van der Waals surface area contributed by atoms with Crippen molar-refractivity contribution in [3.05, 3.63) is 44.0 Å². The van der Waals surface area contributed by atoms with Crippen molar-refractivity contribution in [2.75, 3.05) is 7.05 Å². The molecule has 0 bridgehead atoms. The normalized spacial score (nSPS) is 9.76. The molecule has 0 unspecified atom stereocenters. The van der Waals surface area contributed by atoms with Gasteiger partial charge in [0.1, 0.15) is 0 Å². The Balaban J connectivity index is 3.36. The molecule has 0 saturated carbocycles. The van der Waals surface area contributed by atoms with E-state index in [-0.39, 0.29) is 10.6 Å². The van der Waals surface area contributed by atoms with Gasteiger partial charge in [0.25, 0.3) is 17.3 Å². The number of carbonyl (C=O) groups is 1. The lowest BCUT2D eigenvalue weighted by molar-refractivity contribution is -0.394. The van der Waals surface area contributed by atoms with Crippen molar-refractivity contribution < 1.29 is 19.8 Å². The van der Waals surface area contributed by atoms with Gasteiger partial charge in [0.15, 0.2) is 0 Å². The fraction of sp³-hybridized carbons (Fsp3) is 0.125. The number of carbonyl (C=O) groups excluding carboxylic acids is 1. The van der Waals surface area contributed by atoms with Crippen molar-refractivity contribution in [1.29, 1.82) is 0 Å². The molecule has 1 N–H and O–H groups in total. The third kappa shape index (κ3) is 2.72. The van der Waals surface area contributed by atoms with Crippen molar-refractivity contribution in [2.45, 2.75) is 0 Å². The summed E-state index contributed by atoms with van der Waals surface area (Å²) in [5, 5.41) is 30.1. The minimum Gasteiger partial charge on any atom is -0.286 e. The van der Waals surface area contributed by atoms with Gasteiger partial charge >= 0.3 is 0 Å². The SMILES string of the molecule is CN(O)C(=O)c1cc([N+](=O)[O-])cc([N+](=O)[O-])c1. The monoisotopic (exact) mass is 241 g/mol. The molecule has 1 amide bonds. The maximum atomic E-state index is 11.3. The van der Waals surface area contributed by atoms with Gasteiger partial charge in [-0.2, -0.15) is 0 Å². The van der Waals surface area contributed by atoms with Crippen LogP contribution in [0.25, 0.3) is 0 Å². The van der Waals surface area contributed by atoms with E-state index in [2.05, 4.69) is 0 Å². The lowest BCUT2D eigenvalue weighted by Gasteiger charge is -2.07. The molecule has 0 heterocycles. The van der Waals surface area contributed by atoms with Gasteiger partial charge in [-0.05, 0) is 0 Å². The second kappa shape index (κ2) is 4.53. The van der Waals surface area contributed by atoms with Crippen molar-refractivity contribution in [1.82, 2.24) is 5.06 Å². The molecule has 0 aromatic heterocycles. The van der Waals surface area contributed by atoms with E-state index < -0.39 is 27.1 Å². The first kappa shape index (κ1) is 12.5. The average molecular weight is 241 g/mol. The molecule has 90 valence electrons. The Kier molecular flexibility index (Phi) is 3.34. The van der Waals surface area contributed by atoms with E-state index in [1.807, 2.05) is 0 Å². The third-order valence-electron chi connectivity index (χ3n) is 1.87. The molecule has 17 heavy (non-hydrogen) atoms. The average Bonchev–Trinajstić information content (AvgIpc) is 2.27. The summed E-state index contributed by atoms with van der Waals surface area (Å²) in [7, 11) is 1.01. The molecule has 0 aliphatic carbocycles. The third-order valence-corrected chi connectivity index (χ3v) is 1.87. The molecular formula is C8H7N3O6. The molecule has 9 heteroatoms. The summed E-state index contributed by atoms with van der Waals surface area (Å²) in [6.07, 6.45) is 0. The Labute approximate surface area is 94.1 Å². The number of nitro groups is 2. The number of nitro benzene ring substituents is 2. The molecule has 9 nitrogen and oxygen atoms in total. The molecule has 0 aliphatic heterocycles. The first-order valence-electron chi connectivity index (χ1n) is 4.23. The van der Waals surface area contributed by atoms with Gasteiger partial charge in [-0.1, -0.05) is 0 Å². The van der Waals surface area contributed by atoms with Crippen molar-refractivity contribution >= 4 is 17.3 Å². The molecule has 0 spiro atoms. The molecule has 0 radical (unpaired) electrons. The van der Waals surface area contributed by atoms with Gasteiger partial charge in [0.2, 0.25) is 0 Å². The van der Waals surface area contributed by atoms with Gasteiger partial charge in [0, 0.05) is 19.2 Å². The second-order valence-corrected chi connectivity index (χ2v) is 3.08. The summed E-state index contributed by atoms with van der Waals surface area (Å²) in [5.41, 5.74) is -1.52. The van der Waals surface area contributed by atoms with E-state index in [9.17, 15) is 25.0 Å². The van der Waals surface area contributed by atoms with Crippen LogP contribution < -0.4 is 0 Å². The van der Waals surface area contributed by atoms with Crippen LogP contribution in [0.1, 0.15) is 10.4 Å². The Morgan fingerprint density at radius 1 is 1.18 bits per heavy atom. The zero-order valence-electron chi connectivity index (χ0n) is 8.56. The Hall–Kier alpha value is -2.55. The van der Waals surface area contributed by atoms with E-state index in [4.69, 9.17) is 5.21 Å². The Morgan fingerprint density at radius 2 is 1.59 bits per heavy atom. The quantitative estimate of drug-likeness (QED) is 0.477. The van der Waals surface area contributed by atoms with Crippen LogP contribution in [0, 0.1) is 20.2 Å². The van der Waals surface area contributed by atoms with Crippen LogP contribution in [-0.2, 0) is 0 Å². The second-order valence-electron chi connectivity index (χ2n) is 3.08. The topological polar surface area (TPSA) is 127 Å². The minimum absolute atomic E-state index is 0.183. The Bertz CT molecular complexity index is 466. The first-order chi connectivity index (χ1) is 7.82. The predicted molar refractivity (Wildman–Crippen MR) is 53.6 cm³/mol. The predicted octanol–water partition coefficient (Wildman–Crippen LogP) is 0.964. The molecule has 0 aliphatic rings. The number of amides is 1.